The SMILES string of the molecule is O=C(Nc1cccc2c(=O)[nH]c(-c3cccc(OC(F)F)c3)nc12)c1cnccn1. The summed E-state index contributed by atoms with van der Waals surface area (Å²) in [6.45, 7) is -2.98. The second kappa shape index (κ2) is 8.03. The van der Waals surface area contributed by atoms with Gasteiger partial charge in [-0.3, -0.25) is 14.6 Å². The Morgan fingerprint density at radius 1 is 1.13 bits per heavy atom. The van der Waals surface area contributed by atoms with Crippen LogP contribution < -0.4 is 15.6 Å². The molecule has 2 aromatic carbocycles. The van der Waals surface area contributed by atoms with Gasteiger partial charge in [0.15, 0.2) is 0 Å². The van der Waals surface area contributed by atoms with Crippen LogP contribution in [0.2, 0.25) is 0 Å². The number of carbonyl (C=O) groups excluding carboxylic acids is 1. The van der Waals surface area contributed by atoms with E-state index in [1.165, 1.54) is 36.8 Å². The third-order valence-electron chi connectivity index (χ3n) is 4.11. The molecule has 8 nitrogen and oxygen atoms in total. The zero-order chi connectivity index (χ0) is 21.1. The van der Waals surface area contributed by atoms with Crippen molar-refractivity contribution < 1.29 is 18.3 Å². The van der Waals surface area contributed by atoms with Gasteiger partial charge in [-0.15, -0.1) is 0 Å². The van der Waals surface area contributed by atoms with Crippen LogP contribution in [0.3, 0.4) is 0 Å². The quantitative estimate of drug-likeness (QED) is 0.524. The van der Waals surface area contributed by atoms with E-state index in [-0.39, 0.29) is 33.9 Å². The first-order chi connectivity index (χ1) is 14.5. The number of anilines is 1. The first-order valence-corrected chi connectivity index (χ1v) is 8.67. The van der Waals surface area contributed by atoms with Crippen molar-refractivity contribution in [2.75, 3.05) is 5.32 Å². The van der Waals surface area contributed by atoms with E-state index in [1.54, 1.807) is 24.3 Å². The lowest BCUT2D eigenvalue weighted by Crippen LogP contribution is -2.16. The van der Waals surface area contributed by atoms with Crippen molar-refractivity contribution >= 4 is 22.5 Å². The molecule has 0 spiro atoms. The number of ether oxygens (including phenoxy) is 1. The molecular formula is C20H13F2N5O3. The maximum Gasteiger partial charge on any atom is 0.387 e. The molecule has 2 N–H and O–H groups in total. The van der Waals surface area contributed by atoms with E-state index in [1.807, 2.05) is 0 Å². The maximum absolute atomic E-state index is 12.6. The van der Waals surface area contributed by atoms with Gasteiger partial charge in [-0.1, -0.05) is 18.2 Å². The van der Waals surface area contributed by atoms with Crippen LogP contribution in [0.15, 0.2) is 65.8 Å². The molecule has 0 aliphatic carbocycles. The van der Waals surface area contributed by atoms with Crippen LogP contribution in [-0.2, 0) is 0 Å². The fourth-order valence-electron chi connectivity index (χ4n) is 2.82. The molecule has 10 heteroatoms. The molecule has 0 bridgehead atoms. The number of hydrogen-bond donors (Lipinski definition) is 2. The summed E-state index contributed by atoms with van der Waals surface area (Å²) in [4.78, 5) is 39.8. The second-order valence-electron chi connectivity index (χ2n) is 6.07. The summed E-state index contributed by atoms with van der Waals surface area (Å²) in [6.07, 6.45) is 4.13. The van der Waals surface area contributed by atoms with E-state index in [0.717, 1.165) is 0 Å². The van der Waals surface area contributed by atoms with Crippen LogP contribution in [0.25, 0.3) is 22.3 Å². The zero-order valence-corrected chi connectivity index (χ0v) is 15.2. The van der Waals surface area contributed by atoms with Crippen molar-refractivity contribution in [1.29, 1.82) is 0 Å². The molecule has 30 heavy (non-hydrogen) atoms. The first-order valence-electron chi connectivity index (χ1n) is 8.67. The number of halogens is 2. The zero-order valence-electron chi connectivity index (χ0n) is 15.2. The topological polar surface area (TPSA) is 110 Å². The molecule has 0 radical (unpaired) electrons. The highest BCUT2D eigenvalue weighted by molar-refractivity contribution is 6.07. The van der Waals surface area contributed by atoms with Crippen molar-refractivity contribution in [2.24, 2.45) is 0 Å². The minimum absolute atomic E-state index is 0.0746. The van der Waals surface area contributed by atoms with E-state index in [4.69, 9.17) is 0 Å². The Bertz CT molecular complexity index is 1280. The molecule has 4 aromatic rings. The average molecular weight is 409 g/mol. The molecule has 2 heterocycles. The van der Waals surface area contributed by atoms with Crippen LogP contribution in [0, 0.1) is 0 Å². The van der Waals surface area contributed by atoms with Crippen LogP contribution in [-0.4, -0.2) is 32.5 Å². The highest BCUT2D eigenvalue weighted by atomic mass is 19.3. The summed E-state index contributed by atoms with van der Waals surface area (Å²) in [5.74, 6) is -0.463. The monoisotopic (exact) mass is 409 g/mol. The number of benzene rings is 2. The number of carbonyl (C=O) groups is 1. The highest BCUT2D eigenvalue weighted by Crippen LogP contribution is 2.25. The molecule has 150 valence electrons. The van der Waals surface area contributed by atoms with Gasteiger partial charge in [0.2, 0.25) is 0 Å². The Kier molecular flexibility index (Phi) is 5.12. The van der Waals surface area contributed by atoms with Crippen LogP contribution >= 0.6 is 0 Å². The Labute approximate surface area is 167 Å². The van der Waals surface area contributed by atoms with E-state index in [2.05, 4.69) is 30.0 Å². The standard InChI is InChI=1S/C20H13F2N5O3/c21-20(22)30-12-4-1-3-11(9-12)17-26-16-13(18(28)27-17)5-2-6-14(16)25-19(29)15-10-23-7-8-24-15/h1-10,20H,(H,25,29)(H,26,27,28). The fraction of sp³-hybridized carbons (Fsp3) is 0.0500. The van der Waals surface area contributed by atoms with Gasteiger partial charge in [0.25, 0.3) is 11.5 Å². The van der Waals surface area contributed by atoms with Gasteiger partial charge in [0, 0.05) is 18.0 Å². The number of nitrogens with one attached hydrogen (secondary N) is 2. The van der Waals surface area contributed by atoms with Gasteiger partial charge in [-0.25, -0.2) is 9.97 Å². The molecule has 1 amide bonds. The predicted molar refractivity (Wildman–Crippen MR) is 104 cm³/mol. The Morgan fingerprint density at radius 3 is 2.73 bits per heavy atom. The van der Waals surface area contributed by atoms with Gasteiger partial charge in [0.05, 0.1) is 17.3 Å². The summed E-state index contributed by atoms with van der Waals surface area (Å²) in [5.41, 5.74) is 0.522. The number of aromatic amines is 1. The number of alkyl halides is 2. The summed E-state index contributed by atoms with van der Waals surface area (Å²) in [5, 5.41) is 2.91. The van der Waals surface area contributed by atoms with Crippen molar-refractivity contribution in [3.05, 3.63) is 77.1 Å². The highest BCUT2D eigenvalue weighted by Gasteiger charge is 2.14. The third-order valence-corrected chi connectivity index (χ3v) is 4.11. The smallest absolute Gasteiger partial charge is 0.387 e. The van der Waals surface area contributed by atoms with E-state index >= 15 is 0 Å². The molecule has 0 unspecified atom stereocenters. The van der Waals surface area contributed by atoms with Crippen molar-refractivity contribution in [3.63, 3.8) is 0 Å². The van der Waals surface area contributed by atoms with Crippen LogP contribution in [0.4, 0.5) is 14.5 Å². The van der Waals surface area contributed by atoms with Crippen molar-refractivity contribution in [2.45, 2.75) is 6.61 Å². The van der Waals surface area contributed by atoms with Gasteiger partial charge in [-0.2, -0.15) is 8.78 Å². The number of H-pyrrole nitrogens is 1. The van der Waals surface area contributed by atoms with E-state index in [9.17, 15) is 18.4 Å². The van der Waals surface area contributed by atoms with Crippen LogP contribution in [0.1, 0.15) is 10.5 Å². The predicted octanol–water partition coefficient (Wildman–Crippen LogP) is 3.23. The Hall–Kier alpha value is -4.21. The average Bonchev–Trinajstić information content (AvgIpc) is 2.74. The summed E-state index contributed by atoms with van der Waals surface area (Å²) < 4.78 is 29.4. The first kappa shape index (κ1) is 19.1. The minimum Gasteiger partial charge on any atom is -0.435 e. The Balaban J connectivity index is 1.77. The largest absolute Gasteiger partial charge is 0.435 e. The van der Waals surface area contributed by atoms with Gasteiger partial charge >= 0.3 is 6.61 Å². The maximum atomic E-state index is 12.6. The molecular weight excluding hydrogens is 396 g/mol. The molecule has 0 atom stereocenters. The number of aromatic nitrogens is 4. The van der Waals surface area contributed by atoms with Gasteiger partial charge in [-0.05, 0) is 24.3 Å². The molecule has 0 fully saturated rings. The number of nitrogens with zero attached hydrogens (tertiary/aromatic N) is 3. The minimum atomic E-state index is -2.98. The number of rotatable bonds is 5. The normalized spacial score (nSPS) is 10.9. The molecule has 0 aliphatic heterocycles. The van der Waals surface area contributed by atoms with Gasteiger partial charge in [0.1, 0.15) is 22.8 Å². The molecule has 0 saturated carbocycles. The second-order valence-corrected chi connectivity index (χ2v) is 6.07. The molecule has 0 saturated heterocycles. The van der Waals surface area contributed by atoms with Crippen molar-refractivity contribution in [1.82, 2.24) is 19.9 Å². The summed E-state index contributed by atoms with van der Waals surface area (Å²) in [7, 11) is 0. The molecule has 4 rings (SSSR count). The number of para-hydroxylation sites is 1. The lowest BCUT2D eigenvalue weighted by Gasteiger charge is -2.10. The lowest BCUT2D eigenvalue weighted by atomic mass is 10.1. The van der Waals surface area contributed by atoms with Crippen molar-refractivity contribution in [3.8, 4) is 17.1 Å². The molecule has 0 aliphatic rings. The number of fused-ring (bicyclic) bond motifs is 1. The van der Waals surface area contributed by atoms with E-state index in [0.29, 0.717) is 5.56 Å². The lowest BCUT2D eigenvalue weighted by molar-refractivity contribution is -0.0498. The van der Waals surface area contributed by atoms with Crippen LogP contribution in [0.5, 0.6) is 5.75 Å². The Morgan fingerprint density at radius 2 is 1.97 bits per heavy atom. The fourth-order valence-corrected chi connectivity index (χ4v) is 2.82. The summed E-state index contributed by atoms with van der Waals surface area (Å²) in [6, 6.07) is 10.5. The number of amides is 1. The summed E-state index contributed by atoms with van der Waals surface area (Å²) >= 11 is 0. The molecule has 2 aromatic heterocycles. The van der Waals surface area contributed by atoms with Gasteiger partial charge < -0.3 is 15.0 Å². The number of hydrogen-bond acceptors (Lipinski definition) is 6. The van der Waals surface area contributed by atoms with E-state index < -0.39 is 18.1 Å². The third kappa shape index (κ3) is 3.97.